The SMILES string of the molecule is O=S(=O)(Nc1ccccc1F)c1ccc(F)c(CO)c1F. The molecule has 8 heteroatoms. The molecule has 0 radical (unpaired) electrons. The van der Waals surface area contributed by atoms with E-state index in [1.807, 2.05) is 4.72 Å². The van der Waals surface area contributed by atoms with Crippen LogP contribution in [0.4, 0.5) is 18.9 Å². The average Bonchev–Trinajstić information content (AvgIpc) is 2.41. The van der Waals surface area contributed by atoms with Crippen molar-refractivity contribution < 1.29 is 26.7 Å². The van der Waals surface area contributed by atoms with Crippen molar-refractivity contribution in [1.29, 1.82) is 0 Å². The second-order valence-electron chi connectivity index (χ2n) is 4.08. The molecule has 0 saturated carbocycles. The third-order valence-electron chi connectivity index (χ3n) is 2.72. The third kappa shape index (κ3) is 3.01. The summed E-state index contributed by atoms with van der Waals surface area (Å²) in [4.78, 5) is -0.879. The van der Waals surface area contributed by atoms with Crippen molar-refractivity contribution in [2.45, 2.75) is 11.5 Å². The van der Waals surface area contributed by atoms with Crippen LogP contribution in [0.25, 0.3) is 0 Å². The molecule has 0 aliphatic rings. The molecule has 0 aliphatic heterocycles. The maximum atomic E-state index is 13.9. The van der Waals surface area contributed by atoms with E-state index in [9.17, 15) is 21.6 Å². The minimum atomic E-state index is -4.46. The van der Waals surface area contributed by atoms with Gasteiger partial charge in [0.2, 0.25) is 0 Å². The molecule has 0 aliphatic carbocycles. The topological polar surface area (TPSA) is 66.4 Å². The number of hydrogen-bond acceptors (Lipinski definition) is 3. The fourth-order valence-corrected chi connectivity index (χ4v) is 2.84. The van der Waals surface area contributed by atoms with E-state index in [1.54, 1.807) is 0 Å². The first-order valence-corrected chi connectivity index (χ1v) is 7.20. The van der Waals surface area contributed by atoms with E-state index in [4.69, 9.17) is 5.11 Å². The van der Waals surface area contributed by atoms with Gasteiger partial charge in [-0.2, -0.15) is 0 Å². The number of nitrogens with one attached hydrogen (secondary N) is 1. The maximum Gasteiger partial charge on any atom is 0.264 e. The molecule has 21 heavy (non-hydrogen) atoms. The van der Waals surface area contributed by atoms with Crippen LogP contribution in [0.1, 0.15) is 5.56 Å². The maximum absolute atomic E-state index is 13.9. The lowest BCUT2D eigenvalue weighted by Crippen LogP contribution is -2.17. The van der Waals surface area contributed by atoms with Crippen LogP contribution in [0.2, 0.25) is 0 Å². The molecule has 2 aromatic rings. The normalized spacial score (nSPS) is 11.4. The molecule has 0 heterocycles. The van der Waals surface area contributed by atoms with Gasteiger partial charge in [-0.05, 0) is 24.3 Å². The number of benzene rings is 2. The number of sulfonamides is 1. The zero-order valence-corrected chi connectivity index (χ0v) is 11.3. The molecule has 0 saturated heterocycles. The fourth-order valence-electron chi connectivity index (χ4n) is 1.67. The van der Waals surface area contributed by atoms with Gasteiger partial charge >= 0.3 is 0 Å². The highest BCUT2D eigenvalue weighted by atomic mass is 32.2. The van der Waals surface area contributed by atoms with Crippen molar-refractivity contribution in [3.8, 4) is 0 Å². The second kappa shape index (κ2) is 5.74. The molecule has 112 valence electrons. The van der Waals surface area contributed by atoms with Gasteiger partial charge < -0.3 is 5.11 Å². The predicted octanol–water partition coefficient (Wildman–Crippen LogP) is 2.40. The summed E-state index contributed by atoms with van der Waals surface area (Å²) in [6, 6.07) is 6.34. The Morgan fingerprint density at radius 1 is 1.00 bits per heavy atom. The van der Waals surface area contributed by atoms with E-state index >= 15 is 0 Å². The highest BCUT2D eigenvalue weighted by Crippen LogP contribution is 2.24. The summed E-state index contributed by atoms with van der Waals surface area (Å²) < 4.78 is 66.5. The molecule has 2 rings (SSSR count). The van der Waals surface area contributed by atoms with Crippen LogP contribution >= 0.6 is 0 Å². The van der Waals surface area contributed by atoms with E-state index in [2.05, 4.69) is 0 Å². The molecule has 4 nitrogen and oxygen atoms in total. The van der Waals surface area contributed by atoms with Gasteiger partial charge in [0.25, 0.3) is 10.0 Å². The number of anilines is 1. The van der Waals surface area contributed by atoms with Crippen molar-refractivity contribution >= 4 is 15.7 Å². The van der Waals surface area contributed by atoms with E-state index in [-0.39, 0.29) is 5.69 Å². The Bertz CT molecular complexity index is 778. The first-order chi connectivity index (χ1) is 9.86. The van der Waals surface area contributed by atoms with Gasteiger partial charge in [-0.3, -0.25) is 4.72 Å². The molecule has 0 unspecified atom stereocenters. The van der Waals surface area contributed by atoms with Crippen LogP contribution in [0.15, 0.2) is 41.3 Å². The Labute approximate surface area is 118 Å². The van der Waals surface area contributed by atoms with Crippen LogP contribution < -0.4 is 4.72 Å². The Morgan fingerprint density at radius 3 is 2.29 bits per heavy atom. The van der Waals surface area contributed by atoms with Gasteiger partial charge in [0.1, 0.15) is 16.5 Å². The van der Waals surface area contributed by atoms with E-state index in [0.29, 0.717) is 12.1 Å². The Hall–Kier alpha value is -2.06. The zero-order chi connectivity index (χ0) is 15.6. The van der Waals surface area contributed by atoms with E-state index in [0.717, 1.165) is 12.1 Å². The number of rotatable bonds is 4. The minimum absolute atomic E-state index is 0.369. The number of halogens is 3. The van der Waals surface area contributed by atoms with Crippen LogP contribution in [0, 0.1) is 17.5 Å². The van der Waals surface area contributed by atoms with Crippen molar-refractivity contribution in [2.24, 2.45) is 0 Å². The molecular formula is C13H10F3NO3S. The quantitative estimate of drug-likeness (QED) is 0.910. The lowest BCUT2D eigenvalue weighted by molar-refractivity contribution is 0.267. The van der Waals surface area contributed by atoms with Crippen LogP contribution in [0.5, 0.6) is 0 Å². The number of hydrogen-bond donors (Lipinski definition) is 2. The molecule has 2 aromatic carbocycles. The average molecular weight is 317 g/mol. The predicted molar refractivity (Wildman–Crippen MR) is 69.5 cm³/mol. The third-order valence-corrected chi connectivity index (χ3v) is 4.10. The minimum Gasteiger partial charge on any atom is -0.391 e. The summed E-state index contributed by atoms with van der Waals surface area (Å²) >= 11 is 0. The summed E-state index contributed by atoms with van der Waals surface area (Å²) in [5.41, 5.74) is -1.14. The second-order valence-corrected chi connectivity index (χ2v) is 5.73. The Kier molecular flexibility index (Phi) is 4.19. The van der Waals surface area contributed by atoms with Crippen molar-refractivity contribution in [3.63, 3.8) is 0 Å². The standard InChI is InChI=1S/C13H10F3NO3S/c14-9-5-6-12(13(16)8(9)7-18)21(19,20)17-11-4-2-1-3-10(11)15/h1-6,17-18H,7H2. The largest absolute Gasteiger partial charge is 0.391 e. The molecule has 0 aromatic heterocycles. The van der Waals surface area contributed by atoms with Crippen molar-refractivity contribution in [3.05, 3.63) is 59.4 Å². The summed E-state index contributed by atoms with van der Waals surface area (Å²) in [6.45, 7) is -0.999. The van der Waals surface area contributed by atoms with Gasteiger partial charge in [0, 0.05) is 0 Å². The lowest BCUT2D eigenvalue weighted by Gasteiger charge is -2.11. The molecule has 0 fully saturated rings. The van der Waals surface area contributed by atoms with Crippen molar-refractivity contribution in [1.82, 2.24) is 0 Å². The summed E-state index contributed by atoms with van der Waals surface area (Å²) in [5, 5.41) is 8.87. The number of aliphatic hydroxyl groups excluding tert-OH is 1. The first kappa shape index (κ1) is 15.3. The summed E-state index contributed by atoms with van der Waals surface area (Å²) in [6.07, 6.45) is 0. The van der Waals surface area contributed by atoms with Gasteiger partial charge in [-0.1, -0.05) is 12.1 Å². The summed E-state index contributed by atoms with van der Waals surface area (Å²) in [7, 11) is -4.46. The van der Waals surface area contributed by atoms with Crippen molar-refractivity contribution in [2.75, 3.05) is 4.72 Å². The van der Waals surface area contributed by atoms with Crippen LogP contribution in [-0.2, 0) is 16.6 Å². The molecule has 0 atom stereocenters. The van der Waals surface area contributed by atoms with Gasteiger partial charge in [-0.15, -0.1) is 0 Å². The van der Waals surface area contributed by atoms with Crippen LogP contribution in [-0.4, -0.2) is 13.5 Å². The van der Waals surface area contributed by atoms with E-state index in [1.165, 1.54) is 12.1 Å². The molecule has 2 N–H and O–H groups in total. The Morgan fingerprint density at radius 2 is 1.67 bits per heavy atom. The smallest absolute Gasteiger partial charge is 0.264 e. The van der Waals surface area contributed by atoms with Gasteiger partial charge in [0.15, 0.2) is 5.82 Å². The van der Waals surface area contributed by atoms with Gasteiger partial charge in [0.05, 0.1) is 17.9 Å². The molecule has 0 amide bonds. The molecular weight excluding hydrogens is 307 g/mol. The lowest BCUT2D eigenvalue weighted by atomic mass is 10.2. The van der Waals surface area contributed by atoms with E-state index < -0.39 is 44.5 Å². The monoisotopic (exact) mass is 317 g/mol. The number of aliphatic hydroxyl groups is 1. The fraction of sp³-hybridized carbons (Fsp3) is 0.0769. The first-order valence-electron chi connectivity index (χ1n) is 5.72. The van der Waals surface area contributed by atoms with Gasteiger partial charge in [-0.25, -0.2) is 21.6 Å². The zero-order valence-electron chi connectivity index (χ0n) is 10.5. The summed E-state index contributed by atoms with van der Waals surface area (Å²) in [5.74, 6) is -3.33. The van der Waals surface area contributed by atoms with Crippen LogP contribution in [0.3, 0.4) is 0 Å². The number of para-hydroxylation sites is 1. The highest BCUT2D eigenvalue weighted by molar-refractivity contribution is 7.92. The molecule has 0 spiro atoms. The molecule has 0 bridgehead atoms. The highest BCUT2D eigenvalue weighted by Gasteiger charge is 2.24. The Balaban J connectivity index is 2.48.